The van der Waals surface area contributed by atoms with E-state index in [4.69, 9.17) is 10.5 Å². The van der Waals surface area contributed by atoms with Gasteiger partial charge in [-0.2, -0.15) is 0 Å². The van der Waals surface area contributed by atoms with Gasteiger partial charge in [0.25, 0.3) is 0 Å². The number of hydrogen-bond donors (Lipinski definition) is 3. The molecule has 1 amide bonds. The number of carbonyl (C=O) groups is 2. The monoisotopic (exact) mass is 435 g/mol. The first kappa shape index (κ1) is 22.0. The van der Waals surface area contributed by atoms with Gasteiger partial charge in [0.15, 0.2) is 0 Å². The third-order valence-corrected chi connectivity index (χ3v) is 6.23. The maximum Gasteiger partial charge on any atom is 0.310 e. The second kappa shape index (κ2) is 9.97. The molecule has 0 aliphatic carbocycles. The first-order valence-corrected chi connectivity index (χ1v) is 11.0. The molecule has 2 aromatic rings. The highest BCUT2D eigenvalue weighted by molar-refractivity contribution is 6.03. The number of nitrogens with zero attached hydrogens (tertiary/aromatic N) is 1. The molecule has 2 heterocycles. The van der Waals surface area contributed by atoms with E-state index in [1.807, 2.05) is 24.3 Å². The van der Waals surface area contributed by atoms with E-state index in [9.17, 15) is 14.7 Å². The van der Waals surface area contributed by atoms with Crippen LogP contribution in [0.2, 0.25) is 0 Å². The standard InChI is InChI=1S/C25H29N3O4/c26-22-5-1-2-6-23(22)27-24(29)12-9-17-7-10-18(11-8-17)21(25(30)31)4-3-13-28-15-20-14-19(28)16-32-20/h1-2,5-12,19-21H,3-4,13-16,26H2,(H,27,29)(H,30,31)/b12-9+/t19-,20-,21?/m0/s1. The number of nitrogens with one attached hydrogen (secondary N) is 1. The highest BCUT2D eigenvalue weighted by Crippen LogP contribution is 2.29. The molecule has 2 aliphatic rings. The minimum Gasteiger partial charge on any atom is -0.481 e. The number of carbonyl (C=O) groups excluding carboxylic acids is 1. The van der Waals surface area contributed by atoms with Crippen molar-refractivity contribution in [2.75, 3.05) is 30.7 Å². The summed E-state index contributed by atoms with van der Waals surface area (Å²) in [7, 11) is 0. The second-order valence-corrected chi connectivity index (χ2v) is 8.45. The molecule has 2 aliphatic heterocycles. The first-order chi connectivity index (χ1) is 15.5. The number of para-hydroxylation sites is 2. The number of fused-ring (bicyclic) bond motifs is 2. The lowest BCUT2D eigenvalue weighted by atomic mass is 9.93. The van der Waals surface area contributed by atoms with Gasteiger partial charge in [0.2, 0.25) is 5.91 Å². The molecule has 2 fully saturated rings. The summed E-state index contributed by atoms with van der Waals surface area (Å²) in [4.78, 5) is 26.4. The molecule has 4 rings (SSSR count). The largest absolute Gasteiger partial charge is 0.481 e. The predicted molar refractivity (Wildman–Crippen MR) is 124 cm³/mol. The van der Waals surface area contributed by atoms with Crippen molar-refractivity contribution in [3.63, 3.8) is 0 Å². The molecule has 168 valence electrons. The molecule has 7 nitrogen and oxygen atoms in total. The van der Waals surface area contributed by atoms with E-state index in [0.717, 1.165) is 43.7 Å². The van der Waals surface area contributed by atoms with Gasteiger partial charge in [-0.25, -0.2) is 0 Å². The third-order valence-electron chi connectivity index (χ3n) is 6.23. The Labute approximate surface area is 187 Å². The molecule has 7 heteroatoms. The van der Waals surface area contributed by atoms with E-state index in [1.54, 1.807) is 30.3 Å². The summed E-state index contributed by atoms with van der Waals surface area (Å²) < 4.78 is 5.63. The first-order valence-electron chi connectivity index (χ1n) is 11.0. The number of nitrogen functional groups attached to an aromatic ring is 1. The SMILES string of the molecule is Nc1ccccc1NC(=O)/C=C/c1ccc(C(CCCN2C[C@@H]3C[C@H]2CO3)C(=O)O)cc1. The summed E-state index contributed by atoms with van der Waals surface area (Å²) in [5.41, 5.74) is 8.51. The number of rotatable bonds is 9. The third kappa shape index (κ3) is 5.36. The van der Waals surface area contributed by atoms with E-state index in [2.05, 4.69) is 10.2 Å². The van der Waals surface area contributed by atoms with E-state index >= 15 is 0 Å². The van der Waals surface area contributed by atoms with E-state index in [1.165, 1.54) is 6.08 Å². The Morgan fingerprint density at radius 1 is 1.22 bits per heavy atom. The van der Waals surface area contributed by atoms with E-state index in [-0.39, 0.29) is 5.91 Å². The molecule has 2 aromatic carbocycles. The maximum atomic E-state index is 12.1. The Balaban J connectivity index is 1.30. The van der Waals surface area contributed by atoms with Crippen molar-refractivity contribution in [1.82, 2.24) is 4.90 Å². The zero-order valence-corrected chi connectivity index (χ0v) is 17.9. The Morgan fingerprint density at radius 3 is 2.66 bits per heavy atom. The van der Waals surface area contributed by atoms with Gasteiger partial charge in [-0.15, -0.1) is 0 Å². The van der Waals surface area contributed by atoms with Crippen LogP contribution in [0.5, 0.6) is 0 Å². The Morgan fingerprint density at radius 2 is 2.00 bits per heavy atom. The lowest BCUT2D eigenvalue weighted by Crippen LogP contribution is -2.37. The summed E-state index contributed by atoms with van der Waals surface area (Å²) in [5.74, 6) is -1.62. The van der Waals surface area contributed by atoms with Crippen molar-refractivity contribution in [3.8, 4) is 0 Å². The number of ether oxygens (including phenoxy) is 1. The fourth-order valence-electron chi connectivity index (χ4n) is 4.48. The molecule has 2 saturated heterocycles. The molecule has 4 N–H and O–H groups in total. The number of carboxylic acid groups (broad SMARTS) is 1. The van der Waals surface area contributed by atoms with Crippen molar-refractivity contribution >= 4 is 29.3 Å². The van der Waals surface area contributed by atoms with Crippen LogP contribution in [0.25, 0.3) is 6.08 Å². The zero-order valence-electron chi connectivity index (χ0n) is 17.9. The molecule has 32 heavy (non-hydrogen) atoms. The van der Waals surface area contributed by atoms with Crippen molar-refractivity contribution in [1.29, 1.82) is 0 Å². The summed E-state index contributed by atoms with van der Waals surface area (Å²) in [6, 6.07) is 14.9. The highest BCUT2D eigenvalue weighted by atomic mass is 16.5. The van der Waals surface area contributed by atoms with Crippen molar-refractivity contribution in [3.05, 3.63) is 65.7 Å². The van der Waals surface area contributed by atoms with Crippen molar-refractivity contribution in [2.45, 2.75) is 37.3 Å². The van der Waals surface area contributed by atoms with Gasteiger partial charge in [-0.3, -0.25) is 14.5 Å². The average Bonchev–Trinajstić information content (AvgIpc) is 3.41. The van der Waals surface area contributed by atoms with Gasteiger partial charge >= 0.3 is 5.97 Å². The fourth-order valence-corrected chi connectivity index (χ4v) is 4.48. The molecule has 2 bridgehead atoms. The van der Waals surface area contributed by atoms with Crippen LogP contribution in [0, 0.1) is 0 Å². The second-order valence-electron chi connectivity index (χ2n) is 8.45. The van der Waals surface area contributed by atoms with Crippen LogP contribution in [-0.2, 0) is 14.3 Å². The molecule has 0 spiro atoms. The van der Waals surface area contributed by atoms with Gasteiger partial charge in [0.1, 0.15) is 0 Å². The summed E-state index contributed by atoms with van der Waals surface area (Å²) in [6.07, 6.45) is 6.03. The van der Waals surface area contributed by atoms with Crippen LogP contribution < -0.4 is 11.1 Å². The molecular formula is C25H29N3O4. The number of nitrogens with two attached hydrogens (primary N) is 1. The number of likely N-dealkylation sites (tertiary alicyclic amines) is 1. The number of anilines is 2. The van der Waals surface area contributed by atoms with Crippen LogP contribution in [-0.4, -0.2) is 53.7 Å². The van der Waals surface area contributed by atoms with Crippen LogP contribution in [0.1, 0.15) is 36.3 Å². The van der Waals surface area contributed by atoms with Crippen molar-refractivity contribution < 1.29 is 19.4 Å². The fraction of sp³-hybridized carbons (Fsp3) is 0.360. The van der Waals surface area contributed by atoms with Gasteiger partial charge in [0.05, 0.1) is 30.0 Å². The summed E-state index contributed by atoms with van der Waals surface area (Å²) in [5, 5.41) is 12.5. The number of hydrogen-bond acceptors (Lipinski definition) is 5. The number of aliphatic carboxylic acids is 1. The smallest absolute Gasteiger partial charge is 0.310 e. The zero-order chi connectivity index (χ0) is 22.5. The van der Waals surface area contributed by atoms with Crippen LogP contribution in [0.4, 0.5) is 11.4 Å². The van der Waals surface area contributed by atoms with Crippen molar-refractivity contribution in [2.24, 2.45) is 0 Å². The predicted octanol–water partition coefficient (Wildman–Crippen LogP) is 3.34. The molecular weight excluding hydrogens is 406 g/mol. The Kier molecular flexibility index (Phi) is 6.87. The van der Waals surface area contributed by atoms with Crippen LogP contribution in [0.3, 0.4) is 0 Å². The number of carboxylic acids is 1. The van der Waals surface area contributed by atoms with Gasteiger partial charge in [-0.05, 0) is 55.1 Å². The number of morpholine rings is 1. The lowest BCUT2D eigenvalue weighted by molar-refractivity contribution is -0.139. The minimum absolute atomic E-state index is 0.281. The number of benzene rings is 2. The van der Waals surface area contributed by atoms with Gasteiger partial charge in [-0.1, -0.05) is 36.4 Å². The topological polar surface area (TPSA) is 105 Å². The highest BCUT2D eigenvalue weighted by Gasteiger charge is 2.38. The van der Waals surface area contributed by atoms with Crippen LogP contribution >= 0.6 is 0 Å². The maximum absolute atomic E-state index is 12.1. The number of amides is 1. The minimum atomic E-state index is -0.806. The molecule has 0 aromatic heterocycles. The normalized spacial score (nSPS) is 21.1. The lowest BCUT2D eigenvalue weighted by Gasteiger charge is -2.27. The Bertz CT molecular complexity index is 989. The summed E-state index contributed by atoms with van der Waals surface area (Å²) >= 11 is 0. The summed E-state index contributed by atoms with van der Waals surface area (Å²) in [6.45, 7) is 2.68. The molecule has 3 atom stereocenters. The van der Waals surface area contributed by atoms with E-state index in [0.29, 0.717) is 29.9 Å². The van der Waals surface area contributed by atoms with Gasteiger partial charge < -0.3 is 20.9 Å². The molecule has 1 unspecified atom stereocenters. The molecule has 0 saturated carbocycles. The van der Waals surface area contributed by atoms with Gasteiger partial charge in [0, 0.05) is 18.7 Å². The quantitative estimate of drug-likeness (QED) is 0.412. The Hall–Kier alpha value is -3.16. The average molecular weight is 436 g/mol. The molecule has 0 radical (unpaired) electrons. The van der Waals surface area contributed by atoms with Crippen LogP contribution in [0.15, 0.2) is 54.6 Å². The van der Waals surface area contributed by atoms with E-state index < -0.39 is 11.9 Å².